The van der Waals surface area contributed by atoms with Crippen LogP contribution < -0.4 is 16.6 Å². The monoisotopic (exact) mass is 742 g/mol. The van der Waals surface area contributed by atoms with E-state index in [2.05, 4.69) is 0 Å². The van der Waals surface area contributed by atoms with Crippen LogP contribution in [0.2, 0.25) is 30.1 Å². The van der Waals surface area contributed by atoms with Crippen LogP contribution in [0.15, 0.2) is 115 Å². The van der Waals surface area contributed by atoms with Crippen LogP contribution in [0.5, 0.6) is 11.5 Å². The average molecular weight is 746 g/mol. The molecule has 0 aliphatic rings. The summed E-state index contributed by atoms with van der Waals surface area (Å²) >= 11 is 33.8. The molecule has 5 rings (SSSR count). The van der Waals surface area contributed by atoms with E-state index in [1.165, 1.54) is 0 Å². The molecule has 0 N–H and O–H groups in total. The van der Waals surface area contributed by atoms with Crippen LogP contribution in [0.1, 0.15) is 0 Å². The van der Waals surface area contributed by atoms with Crippen molar-refractivity contribution < 1.29 is 6.03 Å². The van der Waals surface area contributed by atoms with Crippen LogP contribution >= 0.6 is 69.6 Å². The van der Waals surface area contributed by atoms with Crippen LogP contribution in [0.3, 0.4) is 0 Å². The fourth-order valence-electron chi connectivity index (χ4n) is 4.46. The standard InChI is InChI=1S/2C6H3Cl3O.3C6H5.Sb/c2*7-3-1-4(8)6(10)5(9)2-3;3*1-2-4-6-5-3-1;/h2*1-2,10H;3*1-5H;/q;;;;;+2/p-2. The molecule has 0 amide bonds. The summed E-state index contributed by atoms with van der Waals surface area (Å²) in [7, 11) is 0. The first kappa shape index (κ1) is 28.8. The fraction of sp³-hybridized carbons (Fsp3) is 0. The zero-order valence-electron chi connectivity index (χ0n) is 20.0. The molecule has 0 aromatic heterocycles. The summed E-state index contributed by atoms with van der Waals surface area (Å²) in [6, 6.07) is 35.5. The van der Waals surface area contributed by atoms with E-state index in [-0.39, 0.29) is 31.6 Å². The summed E-state index contributed by atoms with van der Waals surface area (Å²) in [5, 5.41) is 1.65. The molecule has 0 aliphatic carbocycles. The third-order valence-electron chi connectivity index (χ3n) is 6.13. The molecular weight excluding hydrogens is 727 g/mol. The van der Waals surface area contributed by atoms with E-state index in [1.807, 2.05) is 91.0 Å². The molecule has 0 unspecified atom stereocenters. The van der Waals surface area contributed by atoms with Crippen molar-refractivity contribution in [2.45, 2.75) is 0 Å². The first-order chi connectivity index (χ1) is 18.7. The molecule has 0 spiro atoms. The number of benzene rings is 5. The Bertz CT molecular complexity index is 1420. The third kappa shape index (κ3) is 5.22. The molecule has 0 atom stereocenters. The Hall–Kier alpha value is -1.74. The van der Waals surface area contributed by atoms with Crippen molar-refractivity contribution in [3.8, 4) is 11.5 Å². The van der Waals surface area contributed by atoms with Gasteiger partial charge in [0.1, 0.15) is 0 Å². The maximum absolute atomic E-state index is 7.32. The first-order valence-electron chi connectivity index (χ1n) is 11.6. The van der Waals surface area contributed by atoms with Crippen LogP contribution in [0, 0.1) is 0 Å². The Kier molecular flexibility index (Phi) is 8.58. The molecule has 0 saturated carbocycles. The number of hydrogen-bond donors (Lipinski definition) is 0. The second-order valence-electron chi connectivity index (χ2n) is 8.54. The van der Waals surface area contributed by atoms with Gasteiger partial charge in [-0.2, -0.15) is 0 Å². The first-order valence-corrected chi connectivity index (χ1v) is 19.8. The van der Waals surface area contributed by atoms with Crippen LogP contribution in [-0.2, 0) is 0 Å². The molecule has 198 valence electrons. The molecule has 5 aromatic carbocycles. The van der Waals surface area contributed by atoms with Gasteiger partial charge in [-0.1, -0.05) is 0 Å². The van der Waals surface area contributed by atoms with Gasteiger partial charge in [-0.15, -0.1) is 0 Å². The molecule has 39 heavy (non-hydrogen) atoms. The minimum atomic E-state index is -5.80. The summed E-state index contributed by atoms with van der Waals surface area (Å²) in [6.45, 7) is 0. The Morgan fingerprint density at radius 1 is 0.385 bits per heavy atom. The Morgan fingerprint density at radius 3 is 0.897 bits per heavy atom. The second-order valence-corrected chi connectivity index (χ2v) is 22.0. The molecule has 2 nitrogen and oxygen atoms in total. The molecular formula is C30H19Cl6O2Sb. The molecule has 0 saturated heterocycles. The summed E-state index contributed by atoms with van der Waals surface area (Å²) in [5.74, 6) is 0.449. The SMILES string of the molecule is Clc1cc(Cl)c([O][Sb]([O]c2c(Cl)cc(Cl)cc2Cl)([c]2ccccc2)([c]2ccccc2)[c]2ccccc2)c(Cl)c1. The van der Waals surface area contributed by atoms with E-state index in [1.54, 1.807) is 24.3 Å². The summed E-state index contributed by atoms with van der Waals surface area (Å²) in [6.07, 6.45) is 0. The predicted molar refractivity (Wildman–Crippen MR) is 168 cm³/mol. The van der Waals surface area contributed by atoms with Crippen molar-refractivity contribution in [3.63, 3.8) is 0 Å². The van der Waals surface area contributed by atoms with Gasteiger partial charge in [0.15, 0.2) is 0 Å². The van der Waals surface area contributed by atoms with Gasteiger partial charge in [0.2, 0.25) is 0 Å². The van der Waals surface area contributed by atoms with Gasteiger partial charge in [0.05, 0.1) is 0 Å². The minimum absolute atomic E-state index is 0.224. The zero-order chi connectivity index (χ0) is 27.6. The van der Waals surface area contributed by atoms with Crippen molar-refractivity contribution in [2.75, 3.05) is 0 Å². The third-order valence-corrected chi connectivity index (χ3v) is 21.3. The van der Waals surface area contributed by atoms with E-state index < -0.39 is 18.2 Å². The predicted octanol–water partition coefficient (Wildman–Crippen LogP) is 9.18. The van der Waals surface area contributed by atoms with Crippen molar-refractivity contribution in [3.05, 3.63) is 145 Å². The van der Waals surface area contributed by atoms with Gasteiger partial charge in [-0.25, -0.2) is 0 Å². The summed E-state index contributed by atoms with van der Waals surface area (Å²) < 4.78 is 17.0. The van der Waals surface area contributed by atoms with Crippen molar-refractivity contribution >= 4 is 98.4 Å². The molecule has 0 fully saturated rings. The molecule has 5 aromatic rings. The van der Waals surface area contributed by atoms with E-state index in [0.717, 1.165) is 10.5 Å². The van der Waals surface area contributed by atoms with E-state index in [9.17, 15) is 0 Å². The quantitative estimate of drug-likeness (QED) is 0.155. The topological polar surface area (TPSA) is 18.5 Å². The van der Waals surface area contributed by atoms with E-state index in [0.29, 0.717) is 10.0 Å². The molecule has 0 radical (unpaired) electrons. The molecule has 9 heteroatoms. The van der Waals surface area contributed by atoms with Crippen LogP contribution in [0.4, 0.5) is 0 Å². The summed E-state index contributed by atoms with van der Waals surface area (Å²) in [4.78, 5) is 0. The molecule has 0 aliphatic heterocycles. The van der Waals surface area contributed by atoms with Crippen LogP contribution in [0.25, 0.3) is 0 Å². The van der Waals surface area contributed by atoms with Gasteiger partial charge >= 0.3 is 261 Å². The van der Waals surface area contributed by atoms with Gasteiger partial charge in [0, 0.05) is 0 Å². The van der Waals surface area contributed by atoms with E-state index >= 15 is 0 Å². The number of rotatable bonds is 7. The molecule has 0 heterocycles. The van der Waals surface area contributed by atoms with Gasteiger partial charge < -0.3 is 0 Å². The number of hydrogen-bond acceptors (Lipinski definition) is 2. The Morgan fingerprint density at radius 2 is 0.641 bits per heavy atom. The van der Waals surface area contributed by atoms with Crippen molar-refractivity contribution in [1.82, 2.24) is 0 Å². The Labute approximate surface area is 259 Å². The Balaban J connectivity index is 2.01. The van der Waals surface area contributed by atoms with Crippen molar-refractivity contribution in [1.29, 1.82) is 0 Å². The van der Waals surface area contributed by atoms with Gasteiger partial charge in [-0.05, 0) is 0 Å². The summed E-state index contributed by atoms with van der Waals surface area (Å²) in [5.41, 5.74) is 0. The fourth-order valence-corrected chi connectivity index (χ4v) is 20.6. The normalized spacial score (nSPS) is 12.4. The van der Waals surface area contributed by atoms with Crippen molar-refractivity contribution in [2.24, 2.45) is 0 Å². The van der Waals surface area contributed by atoms with Crippen LogP contribution in [-0.4, -0.2) is 18.2 Å². The van der Waals surface area contributed by atoms with Gasteiger partial charge in [0.25, 0.3) is 0 Å². The zero-order valence-corrected chi connectivity index (χ0v) is 27.1. The second kappa shape index (κ2) is 11.6. The maximum atomic E-state index is 7.32. The van der Waals surface area contributed by atoms with E-state index in [4.69, 9.17) is 75.6 Å². The number of halogens is 6. The van der Waals surface area contributed by atoms with Gasteiger partial charge in [-0.3, -0.25) is 0 Å². The molecule has 0 bridgehead atoms. The average Bonchev–Trinajstić information content (AvgIpc) is 2.93.